The van der Waals surface area contributed by atoms with Gasteiger partial charge in [-0.2, -0.15) is 0 Å². The normalized spacial score (nSPS) is 11.7. The van der Waals surface area contributed by atoms with Crippen LogP contribution >= 0.6 is 31.9 Å². The Kier molecular flexibility index (Phi) is 5.67. The molecule has 0 saturated carbocycles. The molecule has 2 rings (SSSR count). The molecule has 0 atom stereocenters. The highest BCUT2D eigenvalue weighted by Crippen LogP contribution is 2.35. The fraction of sp³-hybridized carbons (Fsp3) is 0.368. The van der Waals surface area contributed by atoms with Gasteiger partial charge in [0.05, 0.1) is 0 Å². The van der Waals surface area contributed by atoms with Crippen LogP contribution in [-0.4, -0.2) is 10.7 Å². The van der Waals surface area contributed by atoms with Crippen LogP contribution in [0.3, 0.4) is 0 Å². The van der Waals surface area contributed by atoms with Gasteiger partial charge in [-0.3, -0.25) is 0 Å². The summed E-state index contributed by atoms with van der Waals surface area (Å²) in [6.45, 7) is 6.56. The summed E-state index contributed by atoms with van der Waals surface area (Å²) in [5.41, 5.74) is 7.01. The van der Waals surface area contributed by atoms with Crippen molar-refractivity contribution in [1.29, 1.82) is 0 Å². The van der Waals surface area contributed by atoms with Crippen molar-refractivity contribution in [2.45, 2.75) is 32.6 Å². The van der Waals surface area contributed by atoms with Crippen molar-refractivity contribution in [3.63, 3.8) is 0 Å². The molecular weight excluding hydrogens is 388 g/mol. The predicted molar refractivity (Wildman–Crippen MR) is 100 cm³/mol. The van der Waals surface area contributed by atoms with Gasteiger partial charge in [-0.05, 0) is 55.0 Å². The Labute approximate surface area is 145 Å². The largest absolute Gasteiger partial charge is 0.0918 e. The first kappa shape index (κ1) is 16.8. The van der Waals surface area contributed by atoms with Crippen LogP contribution < -0.4 is 0 Å². The molecule has 2 aromatic rings. The lowest BCUT2D eigenvalue weighted by Crippen LogP contribution is -2.33. The van der Waals surface area contributed by atoms with Gasteiger partial charge < -0.3 is 0 Å². The maximum atomic E-state index is 3.76. The van der Waals surface area contributed by atoms with Crippen LogP contribution in [0.4, 0.5) is 0 Å². The maximum Gasteiger partial charge on any atom is 0.0189 e. The molecule has 0 amide bonds. The number of hydrogen-bond acceptors (Lipinski definition) is 0. The van der Waals surface area contributed by atoms with Crippen molar-refractivity contribution < 1.29 is 0 Å². The lowest BCUT2D eigenvalue weighted by molar-refractivity contribution is 0.547. The van der Waals surface area contributed by atoms with E-state index in [0.29, 0.717) is 0 Å². The maximum absolute atomic E-state index is 3.76. The van der Waals surface area contributed by atoms with Gasteiger partial charge in [0.25, 0.3) is 0 Å². The molecule has 0 aromatic heterocycles. The fourth-order valence-electron chi connectivity index (χ4n) is 2.84. The molecule has 2 heteroatoms. The molecule has 0 nitrogen and oxygen atoms in total. The van der Waals surface area contributed by atoms with E-state index in [0.717, 1.165) is 17.1 Å². The second kappa shape index (κ2) is 7.11. The van der Waals surface area contributed by atoms with Crippen LogP contribution in [0, 0.1) is 20.8 Å². The zero-order valence-electron chi connectivity index (χ0n) is 12.9. The number of hydrogen-bond donors (Lipinski definition) is 0. The topological polar surface area (TPSA) is 0 Å². The SMILES string of the molecule is Cc1ccc(CC(CBr)(CBr)c2ccccc2C)cc1C. The van der Waals surface area contributed by atoms with Gasteiger partial charge in [0, 0.05) is 16.1 Å². The molecule has 0 heterocycles. The molecule has 0 spiro atoms. The molecule has 0 unspecified atom stereocenters. The zero-order chi connectivity index (χ0) is 15.5. The number of benzene rings is 2. The molecule has 0 saturated heterocycles. The Balaban J connectivity index is 2.43. The number of halogens is 2. The first-order chi connectivity index (χ1) is 10.0. The third kappa shape index (κ3) is 3.60. The molecule has 112 valence electrons. The third-order valence-electron chi connectivity index (χ3n) is 4.34. The highest BCUT2D eigenvalue weighted by molar-refractivity contribution is 9.09. The molecule has 0 bridgehead atoms. The summed E-state index contributed by atoms with van der Waals surface area (Å²) >= 11 is 7.53. The van der Waals surface area contributed by atoms with E-state index in [-0.39, 0.29) is 5.41 Å². The van der Waals surface area contributed by atoms with Crippen molar-refractivity contribution in [2.24, 2.45) is 0 Å². The van der Waals surface area contributed by atoms with Crippen molar-refractivity contribution in [2.75, 3.05) is 10.7 Å². The Hall–Kier alpha value is -0.600. The van der Waals surface area contributed by atoms with Crippen molar-refractivity contribution in [3.8, 4) is 0 Å². The van der Waals surface area contributed by atoms with Crippen LogP contribution in [0.15, 0.2) is 42.5 Å². The summed E-state index contributed by atoms with van der Waals surface area (Å²) in [6.07, 6.45) is 1.04. The smallest absolute Gasteiger partial charge is 0.0189 e. The van der Waals surface area contributed by atoms with Crippen molar-refractivity contribution in [3.05, 3.63) is 70.3 Å². The Morgan fingerprint density at radius 1 is 0.810 bits per heavy atom. The summed E-state index contributed by atoms with van der Waals surface area (Å²) < 4.78 is 0. The van der Waals surface area contributed by atoms with Gasteiger partial charge in [0.15, 0.2) is 0 Å². The first-order valence-electron chi connectivity index (χ1n) is 7.26. The average molecular weight is 410 g/mol. The Morgan fingerprint density at radius 2 is 1.48 bits per heavy atom. The second-order valence-corrected chi connectivity index (χ2v) is 7.08. The summed E-state index contributed by atoms with van der Waals surface area (Å²) in [5, 5.41) is 1.89. The third-order valence-corrected chi connectivity index (χ3v) is 6.49. The highest BCUT2D eigenvalue weighted by atomic mass is 79.9. The van der Waals surface area contributed by atoms with E-state index < -0.39 is 0 Å². The van der Waals surface area contributed by atoms with Crippen LogP contribution in [0.1, 0.15) is 27.8 Å². The fourth-order valence-corrected chi connectivity index (χ4v) is 4.77. The molecule has 0 radical (unpaired) electrons. The quantitative estimate of drug-likeness (QED) is 0.540. The van der Waals surface area contributed by atoms with E-state index in [9.17, 15) is 0 Å². The second-order valence-electron chi connectivity index (χ2n) is 5.96. The van der Waals surface area contributed by atoms with Gasteiger partial charge in [0.1, 0.15) is 0 Å². The number of aryl methyl sites for hydroxylation is 3. The van der Waals surface area contributed by atoms with Crippen molar-refractivity contribution in [1.82, 2.24) is 0 Å². The zero-order valence-corrected chi connectivity index (χ0v) is 16.1. The first-order valence-corrected chi connectivity index (χ1v) is 9.51. The molecule has 0 aliphatic rings. The minimum Gasteiger partial charge on any atom is -0.0918 e. The molecule has 0 aliphatic carbocycles. The summed E-state index contributed by atoms with van der Waals surface area (Å²) in [7, 11) is 0. The lowest BCUT2D eigenvalue weighted by atomic mass is 9.77. The Morgan fingerprint density at radius 3 is 2.05 bits per heavy atom. The monoisotopic (exact) mass is 408 g/mol. The number of rotatable bonds is 5. The van der Waals surface area contributed by atoms with E-state index in [1.165, 1.54) is 27.8 Å². The minimum atomic E-state index is 0.0903. The molecule has 0 aliphatic heterocycles. The summed E-state index contributed by atoms with van der Waals surface area (Å²) in [5.74, 6) is 0. The van der Waals surface area contributed by atoms with Crippen LogP contribution in [0.5, 0.6) is 0 Å². The lowest BCUT2D eigenvalue weighted by Gasteiger charge is -2.32. The highest BCUT2D eigenvalue weighted by Gasteiger charge is 2.31. The van der Waals surface area contributed by atoms with Gasteiger partial charge >= 0.3 is 0 Å². The molecule has 0 N–H and O–H groups in total. The van der Waals surface area contributed by atoms with E-state index >= 15 is 0 Å². The van der Waals surface area contributed by atoms with E-state index in [1.807, 2.05) is 0 Å². The average Bonchev–Trinajstić information content (AvgIpc) is 2.49. The van der Waals surface area contributed by atoms with E-state index in [4.69, 9.17) is 0 Å². The van der Waals surface area contributed by atoms with Gasteiger partial charge in [-0.1, -0.05) is 74.3 Å². The molecule has 0 fully saturated rings. The predicted octanol–water partition coefficient (Wildman–Crippen LogP) is 5.88. The van der Waals surface area contributed by atoms with Crippen LogP contribution in [0.25, 0.3) is 0 Å². The van der Waals surface area contributed by atoms with Crippen molar-refractivity contribution >= 4 is 31.9 Å². The molecule has 2 aromatic carbocycles. The Bertz CT molecular complexity index is 613. The van der Waals surface area contributed by atoms with E-state index in [2.05, 4.69) is 95.1 Å². The summed E-state index contributed by atoms with van der Waals surface area (Å²) in [6, 6.07) is 15.5. The van der Waals surface area contributed by atoms with Crippen LogP contribution in [0.2, 0.25) is 0 Å². The molecular formula is C19H22Br2. The van der Waals surface area contributed by atoms with Gasteiger partial charge in [-0.25, -0.2) is 0 Å². The standard InChI is InChI=1S/C19H22Br2/c1-14-8-9-17(10-16(14)3)11-19(12-20,13-21)18-7-5-4-6-15(18)2/h4-10H,11-13H2,1-3H3. The molecule has 21 heavy (non-hydrogen) atoms. The van der Waals surface area contributed by atoms with Gasteiger partial charge in [0.2, 0.25) is 0 Å². The van der Waals surface area contributed by atoms with E-state index in [1.54, 1.807) is 0 Å². The summed E-state index contributed by atoms with van der Waals surface area (Å²) in [4.78, 5) is 0. The van der Waals surface area contributed by atoms with Crippen LogP contribution in [-0.2, 0) is 11.8 Å². The van der Waals surface area contributed by atoms with Gasteiger partial charge in [-0.15, -0.1) is 0 Å². The number of alkyl halides is 2. The minimum absolute atomic E-state index is 0.0903.